The summed E-state index contributed by atoms with van der Waals surface area (Å²) >= 11 is 0. The molecule has 3 aromatic rings. The molecule has 0 bridgehead atoms. The standard InChI is InChI=1S/C28H33N5O4S/c1-5-20(2)24-7-6-8-25(26(24)29-3)38(35,36)32-23-11-9-22(10-12-23)27(34)33-15-13-28(37-4,14-16-33)17-21-18-30-31-19-21/h6-12,18-19,32H,2-3,5,13-17H2,1,4H3,(H,30,31). The van der Waals surface area contributed by atoms with Crippen molar-refractivity contribution < 1.29 is 17.9 Å². The first-order valence-corrected chi connectivity index (χ1v) is 13.9. The number of piperidine rings is 1. The molecule has 2 aromatic carbocycles. The fourth-order valence-corrected chi connectivity index (χ4v) is 6.01. The molecule has 200 valence electrons. The zero-order valence-electron chi connectivity index (χ0n) is 21.7. The average Bonchev–Trinajstić information content (AvgIpc) is 3.45. The highest BCUT2D eigenvalue weighted by Gasteiger charge is 2.36. The highest BCUT2D eigenvalue weighted by molar-refractivity contribution is 7.92. The third-order valence-electron chi connectivity index (χ3n) is 7.11. The van der Waals surface area contributed by atoms with Crippen LogP contribution in [0.5, 0.6) is 0 Å². The third kappa shape index (κ3) is 5.71. The van der Waals surface area contributed by atoms with Gasteiger partial charge in [-0.2, -0.15) is 5.10 Å². The maximum atomic E-state index is 13.2. The number of carbonyl (C=O) groups excluding carboxylic acids is 1. The highest BCUT2D eigenvalue weighted by atomic mass is 32.2. The molecule has 2 heterocycles. The number of aromatic nitrogens is 2. The number of ether oxygens (including phenoxy) is 1. The third-order valence-corrected chi connectivity index (χ3v) is 8.53. The minimum Gasteiger partial charge on any atom is -0.378 e. The van der Waals surface area contributed by atoms with Crippen molar-refractivity contribution in [1.82, 2.24) is 15.1 Å². The lowest BCUT2D eigenvalue weighted by Crippen LogP contribution is -2.48. The molecule has 0 unspecified atom stereocenters. The summed E-state index contributed by atoms with van der Waals surface area (Å²) in [6.07, 6.45) is 6.46. The van der Waals surface area contributed by atoms with Gasteiger partial charge in [-0.25, -0.2) is 8.42 Å². The number of likely N-dealkylation sites (tertiary alicyclic amines) is 1. The maximum absolute atomic E-state index is 13.2. The number of hydrogen-bond donors (Lipinski definition) is 2. The smallest absolute Gasteiger partial charge is 0.264 e. The van der Waals surface area contributed by atoms with Crippen LogP contribution in [0.25, 0.3) is 5.57 Å². The van der Waals surface area contributed by atoms with Gasteiger partial charge < -0.3 is 9.64 Å². The van der Waals surface area contributed by atoms with Crippen molar-refractivity contribution in [2.24, 2.45) is 4.99 Å². The number of amides is 1. The molecule has 1 fully saturated rings. The number of anilines is 1. The van der Waals surface area contributed by atoms with Crippen LogP contribution in [0.2, 0.25) is 0 Å². The molecule has 10 heteroatoms. The van der Waals surface area contributed by atoms with Gasteiger partial charge in [0.05, 0.1) is 17.5 Å². The van der Waals surface area contributed by atoms with Crippen LogP contribution in [-0.2, 0) is 21.2 Å². The van der Waals surface area contributed by atoms with Crippen LogP contribution in [0, 0.1) is 0 Å². The summed E-state index contributed by atoms with van der Waals surface area (Å²) in [7, 11) is -2.24. The van der Waals surface area contributed by atoms with E-state index in [0.717, 1.165) is 17.6 Å². The molecule has 1 aromatic heterocycles. The molecule has 9 nitrogen and oxygen atoms in total. The summed E-state index contributed by atoms with van der Waals surface area (Å²) in [5.41, 5.74) is 3.26. The molecule has 0 radical (unpaired) electrons. The predicted octanol–water partition coefficient (Wildman–Crippen LogP) is 4.83. The zero-order valence-corrected chi connectivity index (χ0v) is 22.6. The average molecular weight is 536 g/mol. The molecule has 2 N–H and O–H groups in total. The van der Waals surface area contributed by atoms with Gasteiger partial charge in [0.15, 0.2) is 0 Å². The van der Waals surface area contributed by atoms with Crippen LogP contribution in [0.15, 0.2) is 71.3 Å². The van der Waals surface area contributed by atoms with Crippen molar-refractivity contribution >= 4 is 39.6 Å². The van der Waals surface area contributed by atoms with Crippen molar-refractivity contribution in [3.63, 3.8) is 0 Å². The molecule has 0 spiro atoms. The molecule has 0 atom stereocenters. The first-order chi connectivity index (χ1) is 18.2. The maximum Gasteiger partial charge on any atom is 0.264 e. The van der Waals surface area contributed by atoms with E-state index >= 15 is 0 Å². The fourth-order valence-electron chi connectivity index (χ4n) is 4.77. The number of nitrogens with one attached hydrogen (secondary N) is 2. The van der Waals surface area contributed by atoms with E-state index in [1.54, 1.807) is 54.6 Å². The molecular formula is C28H33N5O4S. The normalized spacial score (nSPS) is 15.2. The molecule has 1 aliphatic heterocycles. The SMILES string of the molecule is C=Nc1c(C(=C)CC)cccc1S(=O)(=O)Nc1ccc(C(=O)N2CCC(Cc3cn[nH]c3)(OC)CC2)cc1. The minimum absolute atomic E-state index is 0.0186. The van der Waals surface area contributed by atoms with Crippen LogP contribution in [0.4, 0.5) is 11.4 Å². The van der Waals surface area contributed by atoms with E-state index in [1.807, 2.05) is 13.1 Å². The number of sulfonamides is 1. The number of rotatable bonds is 10. The number of aromatic amines is 1. The first kappa shape index (κ1) is 27.3. The Kier molecular flexibility index (Phi) is 8.13. The fraction of sp³-hybridized carbons (Fsp3) is 0.321. The summed E-state index contributed by atoms with van der Waals surface area (Å²) < 4.78 is 34.8. The van der Waals surface area contributed by atoms with E-state index in [-0.39, 0.29) is 22.1 Å². The Morgan fingerprint density at radius 3 is 2.50 bits per heavy atom. The predicted molar refractivity (Wildman–Crippen MR) is 149 cm³/mol. The number of methoxy groups -OCH3 is 1. The molecule has 0 saturated carbocycles. The van der Waals surface area contributed by atoms with Gasteiger partial charge in [0.1, 0.15) is 4.90 Å². The molecule has 0 aliphatic carbocycles. The monoisotopic (exact) mass is 535 g/mol. The second kappa shape index (κ2) is 11.3. The highest BCUT2D eigenvalue weighted by Crippen LogP contribution is 2.34. The van der Waals surface area contributed by atoms with Crippen LogP contribution in [0.3, 0.4) is 0 Å². The van der Waals surface area contributed by atoms with E-state index in [2.05, 4.69) is 33.2 Å². The summed E-state index contributed by atoms with van der Waals surface area (Å²) in [5, 5.41) is 6.83. The van der Waals surface area contributed by atoms with Gasteiger partial charge in [-0.1, -0.05) is 25.6 Å². The minimum atomic E-state index is -3.95. The van der Waals surface area contributed by atoms with Crippen LogP contribution >= 0.6 is 0 Å². The van der Waals surface area contributed by atoms with Gasteiger partial charge in [0.25, 0.3) is 15.9 Å². The molecular weight excluding hydrogens is 502 g/mol. The van der Waals surface area contributed by atoms with Gasteiger partial charge in [-0.3, -0.25) is 19.6 Å². The van der Waals surface area contributed by atoms with Crippen LogP contribution in [0.1, 0.15) is 47.7 Å². The zero-order chi connectivity index (χ0) is 27.3. The Morgan fingerprint density at radius 2 is 1.92 bits per heavy atom. The van der Waals surface area contributed by atoms with E-state index in [0.29, 0.717) is 49.2 Å². The van der Waals surface area contributed by atoms with E-state index in [4.69, 9.17) is 4.74 Å². The van der Waals surface area contributed by atoms with Gasteiger partial charge in [-0.05, 0) is 67.4 Å². The lowest BCUT2D eigenvalue weighted by Gasteiger charge is -2.40. The van der Waals surface area contributed by atoms with Crippen molar-refractivity contribution in [1.29, 1.82) is 0 Å². The quantitative estimate of drug-likeness (QED) is 0.361. The summed E-state index contributed by atoms with van der Waals surface area (Å²) in [6.45, 7) is 10.6. The number of para-hydroxylation sites is 1. The number of H-pyrrole nitrogens is 1. The number of aliphatic imine (C=N–C) groups is 1. The largest absolute Gasteiger partial charge is 0.378 e. The first-order valence-electron chi connectivity index (χ1n) is 12.4. The molecule has 4 rings (SSSR count). The summed E-state index contributed by atoms with van der Waals surface area (Å²) in [6, 6.07) is 11.4. The van der Waals surface area contributed by atoms with E-state index in [1.165, 1.54) is 6.07 Å². The topological polar surface area (TPSA) is 117 Å². The van der Waals surface area contributed by atoms with Gasteiger partial charge in [0.2, 0.25) is 0 Å². The number of carbonyl (C=O) groups is 1. The summed E-state index contributed by atoms with van der Waals surface area (Å²) in [5.74, 6) is -0.101. The molecule has 1 aliphatic rings. The summed E-state index contributed by atoms with van der Waals surface area (Å²) in [4.78, 5) is 19.0. The van der Waals surface area contributed by atoms with Crippen molar-refractivity contribution in [3.05, 3.63) is 78.1 Å². The Labute approximate surface area is 223 Å². The second-order valence-corrected chi connectivity index (χ2v) is 11.1. The molecule has 1 saturated heterocycles. The Balaban J connectivity index is 1.44. The Bertz CT molecular complexity index is 1410. The Morgan fingerprint density at radius 1 is 1.21 bits per heavy atom. The van der Waals surface area contributed by atoms with Gasteiger partial charge >= 0.3 is 0 Å². The number of benzene rings is 2. The lowest BCUT2D eigenvalue weighted by molar-refractivity contribution is -0.0516. The van der Waals surface area contributed by atoms with Gasteiger partial charge in [-0.15, -0.1) is 0 Å². The number of nitrogens with zero attached hydrogens (tertiary/aromatic N) is 3. The number of allylic oxidation sites excluding steroid dienone is 1. The van der Waals surface area contributed by atoms with E-state index in [9.17, 15) is 13.2 Å². The van der Waals surface area contributed by atoms with Gasteiger partial charge in [0, 0.05) is 49.6 Å². The van der Waals surface area contributed by atoms with E-state index < -0.39 is 10.0 Å². The Hall–Kier alpha value is -3.76. The van der Waals surface area contributed by atoms with Crippen molar-refractivity contribution in [2.45, 2.75) is 43.1 Å². The number of hydrogen-bond acceptors (Lipinski definition) is 6. The van der Waals surface area contributed by atoms with Crippen LogP contribution in [-0.4, -0.2) is 61.9 Å². The molecule has 38 heavy (non-hydrogen) atoms. The van der Waals surface area contributed by atoms with Crippen molar-refractivity contribution in [3.8, 4) is 0 Å². The molecule has 1 amide bonds. The second-order valence-electron chi connectivity index (χ2n) is 9.41. The lowest BCUT2D eigenvalue weighted by atomic mass is 9.85. The van der Waals surface area contributed by atoms with Crippen LogP contribution < -0.4 is 4.72 Å². The van der Waals surface area contributed by atoms with Crippen molar-refractivity contribution in [2.75, 3.05) is 24.9 Å².